The molecule has 1 amide bonds. The molecule has 0 aliphatic carbocycles. The molecule has 0 spiro atoms. The fraction of sp³-hybridized carbons (Fsp3) is 0.206. The van der Waals surface area contributed by atoms with Crippen LogP contribution in [-0.2, 0) is 22.7 Å². The van der Waals surface area contributed by atoms with E-state index >= 15 is 0 Å². The summed E-state index contributed by atoms with van der Waals surface area (Å²) in [6.07, 6.45) is 3.29. The molecule has 5 rings (SSSR count). The molecule has 42 heavy (non-hydrogen) atoms. The summed E-state index contributed by atoms with van der Waals surface area (Å²) >= 11 is 0. The lowest BCUT2D eigenvalue weighted by atomic mass is 9.94. The highest BCUT2D eigenvalue weighted by molar-refractivity contribution is 6.46. The zero-order chi connectivity index (χ0) is 29.6. The van der Waals surface area contributed by atoms with Gasteiger partial charge in [-0.15, -0.1) is 0 Å². The zero-order valence-corrected chi connectivity index (χ0v) is 23.7. The number of aliphatic hydroxyl groups excluding tert-OH is 1. The normalized spacial score (nSPS) is 16.0. The maximum absolute atomic E-state index is 13.5. The molecule has 214 valence electrons. The Balaban J connectivity index is 1.55. The number of hydrogen-bond donors (Lipinski definition) is 1. The van der Waals surface area contributed by atoms with Crippen LogP contribution in [0, 0.1) is 6.92 Å². The Labute approximate surface area is 244 Å². The average Bonchev–Trinajstić information content (AvgIpc) is 3.26. The van der Waals surface area contributed by atoms with Crippen molar-refractivity contribution in [2.45, 2.75) is 33.0 Å². The van der Waals surface area contributed by atoms with Gasteiger partial charge in [0.05, 0.1) is 25.3 Å². The van der Waals surface area contributed by atoms with E-state index in [0.29, 0.717) is 41.6 Å². The first-order chi connectivity index (χ1) is 20.4. The monoisotopic (exact) mass is 564 g/mol. The van der Waals surface area contributed by atoms with Crippen molar-refractivity contribution < 1.29 is 28.9 Å². The third-order valence-corrected chi connectivity index (χ3v) is 7.10. The number of aromatic nitrogens is 1. The van der Waals surface area contributed by atoms with Crippen molar-refractivity contribution in [2.24, 2.45) is 0 Å². The molecule has 1 aliphatic heterocycles. The Kier molecular flexibility index (Phi) is 8.52. The summed E-state index contributed by atoms with van der Waals surface area (Å²) in [5.74, 6) is -0.0984. The van der Waals surface area contributed by atoms with Crippen molar-refractivity contribution in [3.63, 3.8) is 0 Å². The number of Topliss-reactive ketones (excluding diaryl/α,β-unsaturated/α-hetero) is 1. The standard InChI is InChI=1S/C34H32N2O6/c1-4-41-28-15-12-25(18-29(28)40-3)31-30(33(38)34(39)36(31)20-24-11-8-16-35-19-24)32(37)26-13-14-27(22(2)17-26)42-21-23-9-6-5-7-10-23/h5-19,31,37H,4,20-21H2,1-3H3/t31-/m0/s1. The molecule has 1 atom stereocenters. The van der Waals surface area contributed by atoms with Crippen molar-refractivity contribution in [1.29, 1.82) is 0 Å². The van der Waals surface area contributed by atoms with Gasteiger partial charge < -0.3 is 24.2 Å². The average molecular weight is 565 g/mol. The summed E-state index contributed by atoms with van der Waals surface area (Å²) in [6, 6.07) is 23.0. The van der Waals surface area contributed by atoms with Gasteiger partial charge in [-0.2, -0.15) is 0 Å². The van der Waals surface area contributed by atoms with Gasteiger partial charge in [-0.05, 0) is 72.5 Å². The van der Waals surface area contributed by atoms with Crippen LogP contribution in [0.15, 0.2) is 96.8 Å². The van der Waals surface area contributed by atoms with E-state index in [9.17, 15) is 14.7 Å². The van der Waals surface area contributed by atoms with Crippen LogP contribution < -0.4 is 14.2 Å². The van der Waals surface area contributed by atoms with Crippen molar-refractivity contribution >= 4 is 17.4 Å². The first-order valence-electron chi connectivity index (χ1n) is 13.7. The Morgan fingerprint density at radius 1 is 0.905 bits per heavy atom. The molecule has 8 nitrogen and oxygen atoms in total. The molecule has 8 heteroatoms. The van der Waals surface area contributed by atoms with E-state index < -0.39 is 17.7 Å². The number of ketones is 1. The van der Waals surface area contributed by atoms with Crippen LogP contribution in [0.25, 0.3) is 5.76 Å². The lowest BCUT2D eigenvalue weighted by molar-refractivity contribution is -0.140. The Hall–Kier alpha value is -5.11. The van der Waals surface area contributed by atoms with E-state index in [0.717, 1.165) is 16.7 Å². The number of pyridine rings is 1. The van der Waals surface area contributed by atoms with E-state index in [-0.39, 0.29) is 17.9 Å². The third-order valence-electron chi connectivity index (χ3n) is 7.10. The van der Waals surface area contributed by atoms with Crippen LogP contribution in [-0.4, -0.2) is 40.4 Å². The van der Waals surface area contributed by atoms with E-state index in [2.05, 4.69) is 4.98 Å². The second kappa shape index (κ2) is 12.6. The van der Waals surface area contributed by atoms with Crippen molar-refractivity contribution in [3.05, 3.63) is 125 Å². The van der Waals surface area contributed by atoms with Crippen LogP contribution in [0.5, 0.6) is 17.2 Å². The smallest absolute Gasteiger partial charge is 0.295 e. The van der Waals surface area contributed by atoms with Gasteiger partial charge in [0.15, 0.2) is 11.5 Å². The Morgan fingerprint density at radius 3 is 2.36 bits per heavy atom. The fourth-order valence-electron chi connectivity index (χ4n) is 5.06. The Morgan fingerprint density at radius 2 is 1.67 bits per heavy atom. The minimum absolute atomic E-state index is 0.00698. The molecule has 1 saturated heterocycles. The van der Waals surface area contributed by atoms with Gasteiger partial charge in [0.1, 0.15) is 18.1 Å². The molecule has 1 aliphatic rings. The summed E-state index contributed by atoms with van der Waals surface area (Å²) in [5.41, 5.74) is 3.55. The van der Waals surface area contributed by atoms with Crippen molar-refractivity contribution in [1.82, 2.24) is 9.88 Å². The van der Waals surface area contributed by atoms with Gasteiger partial charge in [0, 0.05) is 24.5 Å². The summed E-state index contributed by atoms with van der Waals surface area (Å²) in [5, 5.41) is 11.6. The summed E-state index contributed by atoms with van der Waals surface area (Å²) in [7, 11) is 1.53. The number of carbonyl (C=O) groups excluding carboxylic acids is 2. The number of aliphatic hydroxyl groups is 1. The summed E-state index contributed by atoms with van der Waals surface area (Å²) in [4.78, 5) is 32.6. The number of likely N-dealkylation sites (tertiary alicyclic amines) is 1. The number of benzene rings is 3. The minimum Gasteiger partial charge on any atom is -0.507 e. The van der Waals surface area contributed by atoms with E-state index in [1.807, 2.05) is 50.2 Å². The number of amides is 1. The van der Waals surface area contributed by atoms with Gasteiger partial charge in [-0.3, -0.25) is 14.6 Å². The topological polar surface area (TPSA) is 98.2 Å². The van der Waals surface area contributed by atoms with E-state index in [1.54, 1.807) is 54.9 Å². The zero-order valence-electron chi connectivity index (χ0n) is 23.7. The van der Waals surface area contributed by atoms with Crippen LogP contribution in [0.2, 0.25) is 0 Å². The predicted octanol–water partition coefficient (Wildman–Crippen LogP) is 6.00. The largest absolute Gasteiger partial charge is 0.507 e. The molecule has 4 aromatic rings. The number of rotatable bonds is 10. The van der Waals surface area contributed by atoms with Crippen LogP contribution in [0.4, 0.5) is 0 Å². The Bertz CT molecular complexity index is 1620. The number of ether oxygens (including phenoxy) is 3. The van der Waals surface area contributed by atoms with E-state index in [1.165, 1.54) is 12.0 Å². The fourth-order valence-corrected chi connectivity index (χ4v) is 5.06. The molecule has 0 bridgehead atoms. The maximum atomic E-state index is 13.5. The molecular formula is C34H32N2O6. The number of nitrogens with zero attached hydrogens (tertiary/aromatic N) is 2. The number of carbonyl (C=O) groups is 2. The quantitative estimate of drug-likeness (QED) is 0.143. The highest BCUT2D eigenvalue weighted by Gasteiger charge is 2.46. The van der Waals surface area contributed by atoms with Crippen molar-refractivity contribution in [3.8, 4) is 17.2 Å². The molecular weight excluding hydrogens is 532 g/mol. The SMILES string of the molecule is CCOc1ccc([C@H]2C(=C(O)c3ccc(OCc4ccccc4)c(C)c3)C(=O)C(=O)N2Cc2cccnc2)cc1OC. The highest BCUT2D eigenvalue weighted by atomic mass is 16.5. The molecule has 0 unspecified atom stereocenters. The number of methoxy groups -OCH3 is 1. The van der Waals surface area contributed by atoms with Crippen LogP contribution in [0.1, 0.15) is 40.8 Å². The second-order valence-corrected chi connectivity index (χ2v) is 9.89. The van der Waals surface area contributed by atoms with Gasteiger partial charge in [0.25, 0.3) is 11.7 Å². The predicted molar refractivity (Wildman–Crippen MR) is 158 cm³/mol. The van der Waals surface area contributed by atoms with Crippen LogP contribution in [0.3, 0.4) is 0 Å². The molecule has 1 fully saturated rings. The second-order valence-electron chi connectivity index (χ2n) is 9.89. The van der Waals surface area contributed by atoms with Gasteiger partial charge >= 0.3 is 0 Å². The number of hydrogen-bond acceptors (Lipinski definition) is 7. The van der Waals surface area contributed by atoms with Crippen LogP contribution >= 0.6 is 0 Å². The third kappa shape index (κ3) is 5.83. The molecule has 0 saturated carbocycles. The lowest BCUT2D eigenvalue weighted by Crippen LogP contribution is -2.29. The molecule has 1 N–H and O–H groups in total. The maximum Gasteiger partial charge on any atom is 0.295 e. The summed E-state index contributed by atoms with van der Waals surface area (Å²) < 4.78 is 17.2. The summed E-state index contributed by atoms with van der Waals surface area (Å²) in [6.45, 7) is 4.70. The number of aryl methyl sites for hydroxylation is 1. The van der Waals surface area contributed by atoms with Gasteiger partial charge in [-0.25, -0.2) is 0 Å². The minimum atomic E-state index is -0.871. The molecule has 1 aromatic heterocycles. The first kappa shape index (κ1) is 28.4. The molecule has 3 aromatic carbocycles. The molecule has 0 radical (unpaired) electrons. The van der Waals surface area contributed by atoms with Gasteiger partial charge in [0.2, 0.25) is 0 Å². The van der Waals surface area contributed by atoms with Crippen molar-refractivity contribution in [2.75, 3.05) is 13.7 Å². The van der Waals surface area contributed by atoms with Gasteiger partial charge in [-0.1, -0.05) is 42.5 Å². The molecule has 2 heterocycles. The van der Waals surface area contributed by atoms with E-state index in [4.69, 9.17) is 14.2 Å². The lowest BCUT2D eigenvalue weighted by Gasteiger charge is -2.26. The first-order valence-corrected chi connectivity index (χ1v) is 13.7. The highest BCUT2D eigenvalue weighted by Crippen LogP contribution is 2.43.